The second-order valence-corrected chi connectivity index (χ2v) is 5.63. The monoisotopic (exact) mass is 411 g/mol. The Balaban J connectivity index is 0.00000400. The minimum atomic E-state index is 0. The van der Waals surface area contributed by atoms with Gasteiger partial charge in [0.15, 0.2) is 11.8 Å². The maximum atomic E-state index is 5.49. The Labute approximate surface area is 143 Å². The SMILES string of the molecule is CN=C(NCc1nc(C)no1)NCC(OC)C(C)(C)C.I. The zero-order chi connectivity index (χ0) is 15.2. The van der Waals surface area contributed by atoms with Crippen LogP contribution < -0.4 is 10.6 Å². The van der Waals surface area contributed by atoms with Gasteiger partial charge in [0, 0.05) is 20.7 Å². The fraction of sp³-hybridized carbons (Fsp3) is 0.769. The summed E-state index contributed by atoms with van der Waals surface area (Å²) in [6, 6.07) is 0. The topological polar surface area (TPSA) is 84.6 Å². The molecule has 0 amide bonds. The van der Waals surface area contributed by atoms with E-state index < -0.39 is 0 Å². The molecule has 122 valence electrons. The van der Waals surface area contributed by atoms with E-state index in [4.69, 9.17) is 9.26 Å². The largest absolute Gasteiger partial charge is 0.379 e. The molecule has 0 saturated carbocycles. The van der Waals surface area contributed by atoms with E-state index in [1.165, 1.54) is 0 Å². The second kappa shape index (κ2) is 9.19. The number of ether oxygens (including phenoxy) is 1. The van der Waals surface area contributed by atoms with Crippen molar-refractivity contribution >= 4 is 29.9 Å². The molecular weight excluding hydrogens is 385 g/mol. The minimum Gasteiger partial charge on any atom is -0.379 e. The number of aliphatic imine (C=N–C) groups is 1. The highest BCUT2D eigenvalue weighted by Gasteiger charge is 2.24. The van der Waals surface area contributed by atoms with E-state index in [-0.39, 0.29) is 35.5 Å². The Hall–Kier alpha value is -0.900. The molecule has 0 spiro atoms. The highest BCUT2D eigenvalue weighted by atomic mass is 127. The molecule has 0 radical (unpaired) electrons. The lowest BCUT2D eigenvalue weighted by molar-refractivity contribution is 0.0205. The van der Waals surface area contributed by atoms with E-state index in [0.29, 0.717) is 30.8 Å². The first-order valence-corrected chi connectivity index (χ1v) is 6.63. The molecule has 1 unspecified atom stereocenters. The average Bonchev–Trinajstić information content (AvgIpc) is 2.78. The first-order valence-electron chi connectivity index (χ1n) is 6.63. The summed E-state index contributed by atoms with van der Waals surface area (Å²) in [6.45, 7) is 9.31. The number of guanidine groups is 1. The number of nitrogens with one attached hydrogen (secondary N) is 2. The van der Waals surface area contributed by atoms with Crippen molar-refractivity contribution in [3.63, 3.8) is 0 Å². The Morgan fingerprint density at radius 3 is 2.48 bits per heavy atom. The van der Waals surface area contributed by atoms with Gasteiger partial charge < -0.3 is 19.9 Å². The van der Waals surface area contributed by atoms with Crippen molar-refractivity contribution in [3.8, 4) is 0 Å². The van der Waals surface area contributed by atoms with Crippen LogP contribution in [-0.2, 0) is 11.3 Å². The van der Waals surface area contributed by atoms with Crippen molar-refractivity contribution < 1.29 is 9.26 Å². The Morgan fingerprint density at radius 1 is 1.38 bits per heavy atom. The number of methoxy groups -OCH3 is 1. The maximum absolute atomic E-state index is 5.49. The van der Waals surface area contributed by atoms with E-state index in [2.05, 4.69) is 46.5 Å². The van der Waals surface area contributed by atoms with Crippen LogP contribution in [0, 0.1) is 12.3 Å². The third-order valence-corrected chi connectivity index (χ3v) is 2.91. The number of halogens is 1. The molecule has 0 aromatic carbocycles. The zero-order valence-electron chi connectivity index (χ0n) is 13.6. The van der Waals surface area contributed by atoms with E-state index in [1.807, 2.05) is 0 Å². The number of aromatic nitrogens is 2. The maximum Gasteiger partial charge on any atom is 0.246 e. The summed E-state index contributed by atoms with van der Waals surface area (Å²) < 4.78 is 10.5. The van der Waals surface area contributed by atoms with Gasteiger partial charge in [0.25, 0.3) is 0 Å². The molecule has 0 saturated heterocycles. The lowest BCUT2D eigenvalue weighted by Crippen LogP contribution is -2.45. The van der Waals surface area contributed by atoms with Gasteiger partial charge in [-0.05, 0) is 12.3 Å². The molecule has 0 aliphatic rings. The van der Waals surface area contributed by atoms with Gasteiger partial charge in [-0.2, -0.15) is 4.98 Å². The number of rotatable bonds is 5. The summed E-state index contributed by atoms with van der Waals surface area (Å²) in [5.74, 6) is 1.83. The lowest BCUT2D eigenvalue weighted by Gasteiger charge is -2.29. The van der Waals surface area contributed by atoms with Crippen LogP contribution in [0.5, 0.6) is 0 Å². The van der Waals surface area contributed by atoms with Crippen molar-refractivity contribution in [2.45, 2.75) is 40.3 Å². The van der Waals surface area contributed by atoms with Gasteiger partial charge in [-0.3, -0.25) is 4.99 Å². The smallest absolute Gasteiger partial charge is 0.246 e. The van der Waals surface area contributed by atoms with Crippen molar-refractivity contribution in [1.29, 1.82) is 0 Å². The molecule has 2 N–H and O–H groups in total. The van der Waals surface area contributed by atoms with E-state index in [0.717, 1.165) is 0 Å². The second-order valence-electron chi connectivity index (χ2n) is 5.63. The van der Waals surface area contributed by atoms with Gasteiger partial charge in [-0.15, -0.1) is 24.0 Å². The molecule has 0 aliphatic heterocycles. The van der Waals surface area contributed by atoms with Crippen molar-refractivity contribution in [3.05, 3.63) is 11.7 Å². The third-order valence-electron chi connectivity index (χ3n) is 2.91. The van der Waals surface area contributed by atoms with Crippen LogP contribution in [-0.4, -0.2) is 42.9 Å². The molecule has 1 rings (SSSR count). The molecule has 0 aliphatic carbocycles. The molecular formula is C13H26IN5O2. The molecule has 8 heteroatoms. The van der Waals surface area contributed by atoms with Gasteiger partial charge in [0.1, 0.15) is 0 Å². The summed E-state index contributed by atoms with van der Waals surface area (Å²) in [7, 11) is 3.43. The van der Waals surface area contributed by atoms with Crippen molar-refractivity contribution in [2.24, 2.45) is 10.4 Å². The Kier molecular flexibility index (Phi) is 8.79. The van der Waals surface area contributed by atoms with Crippen LogP contribution in [0.1, 0.15) is 32.5 Å². The quantitative estimate of drug-likeness (QED) is 0.436. The Bertz CT molecular complexity index is 442. The van der Waals surface area contributed by atoms with Gasteiger partial charge in [0.2, 0.25) is 5.89 Å². The number of aryl methyl sites for hydroxylation is 1. The van der Waals surface area contributed by atoms with E-state index in [1.54, 1.807) is 21.1 Å². The highest BCUT2D eigenvalue weighted by molar-refractivity contribution is 14.0. The minimum absolute atomic E-state index is 0. The number of hydrogen-bond acceptors (Lipinski definition) is 5. The van der Waals surface area contributed by atoms with Crippen molar-refractivity contribution in [2.75, 3.05) is 20.7 Å². The number of hydrogen-bond donors (Lipinski definition) is 2. The van der Waals surface area contributed by atoms with Crippen LogP contribution >= 0.6 is 24.0 Å². The van der Waals surface area contributed by atoms with E-state index >= 15 is 0 Å². The summed E-state index contributed by atoms with van der Waals surface area (Å²) in [4.78, 5) is 8.27. The van der Waals surface area contributed by atoms with Crippen molar-refractivity contribution in [1.82, 2.24) is 20.8 Å². The van der Waals surface area contributed by atoms with Crippen LogP contribution in [0.4, 0.5) is 0 Å². The molecule has 21 heavy (non-hydrogen) atoms. The molecule has 1 aromatic rings. The van der Waals surface area contributed by atoms with Crippen LogP contribution in [0.2, 0.25) is 0 Å². The Morgan fingerprint density at radius 2 is 2.05 bits per heavy atom. The van der Waals surface area contributed by atoms with Crippen LogP contribution in [0.25, 0.3) is 0 Å². The van der Waals surface area contributed by atoms with Gasteiger partial charge in [0.05, 0.1) is 12.6 Å². The average molecular weight is 411 g/mol. The van der Waals surface area contributed by atoms with E-state index in [9.17, 15) is 0 Å². The fourth-order valence-electron chi connectivity index (χ4n) is 1.72. The van der Waals surface area contributed by atoms with Crippen LogP contribution in [0.15, 0.2) is 9.52 Å². The summed E-state index contributed by atoms with van der Waals surface area (Å²) in [5, 5.41) is 10.1. The van der Waals surface area contributed by atoms with Gasteiger partial charge in [-0.1, -0.05) is 25.9 Å². The summed E-state index contributed by atoms with van der Waals surface area (Å²) >= 11 is 0. The lowest BCUT2D eigenvalue weighted by atomic mass is 9.89. The van der Waals surface area contributed by atoms with Gasteiger partial charge >= 0.3 is 0 Å². The predicted octanol–water partition coefficient (Wildman–Crippen LogP) is 1.72. The molecule has 1 heterocycles. The third kappa shape index (κ3) is 7.07. The van der Waals surface area contributed by atoms with Gasteiger partial charge in [-0.25, -0.2) is 0 Å². The summed E-state index contributed by atoms with van der Waals surface area (Å²) in [6.07, 6.45) is 0.0895. The standard InChI is InChI=1S/C13H25N5O2.HI/c1-9-17-11(20-18-9)8-16-12(14-5)15-7-10(19-6)13(2,3)4;/h10H,7-8H2,1-6H3,(H2,14,15,16);1H. The number of nitrogens with zero attached hydrogens (tertiary/aromatic N) is 3. The highest BCUT2D eigenvalue weighted by Crippen LogP contribution is 2.20. The molecule has 0 bridgehead atoms. The normalized spacial score (nSPS) is 13.5. The summed E-state index contributed by atoms with van der Waals surface area (Å²) in [5.41, 5.74) is 0.0597. The first-order chi connectivity index (χ1) is 9.36. The zero-order valence-corrected chi connectivity index (χ0v) is 15.9. The van der Waals surface area contributed by atoms with Crippen LogP contribution in [0.3, 0.4) is 0 Å². The molecule has 0 fully saturated rings. The first kappa shape index (κ1) is 20.1. The molecule has 1 atom stereocenters. The fourth-order valence-corrected chi connectivity index (χ4v) is 1.72. The predicted molar refractivity (Wildman–Crippen MR) is 92.9 cm³/mol. The molecule has 1 aromatic heterocycles. The molecule has 7 nitrogen and oxygen atoms in total.